The molecular formula is C6H14NO2PS. The Kier molecular flexibility index (Phi) is 6.82. The van der Waals surface area contributed by atoms with Crippen molar-refractivity contribution >= 4 is 25.2 Å². The van der Waals surface area contributed by atoms with Gasteiger partial charge in [0, 0.05) is 12.7 Å². The fraction of sp³-hybridized carbons (Fsp3) is 0.833. The minimum absolute atomic E-state index is 0.393. The van der Waals surface area contributed by atoms with Crippen LogP contribution in [0.4, 0.5) is 0 Å². The van der Waals surface area contributed by atoms with Crippen molar-refractivity contribution in [3.05, 3.63) is 0 Å². The van der Waals surface area contributed by atoms with Gasteiger partial charge in [-0.25, -0.2) is 0 Å². The zero-order valence-corrected chi connectivity index (χ0v) is 8.41. The molecule has 66 valence electrons. The van der Waals surface area contributed by atoms with Gasteiger partial charge in [0.2, 0.25) is 0 Å². The Balaban J connectivity index is 3.14. The van der Waals surface area contributed by atoms with Crippen LogP contribution in [0, 0.1) is 0 Å². The van der Waals surface area contributed by atoms with E-state index in [-0.39, 0.29) is 0 Å². The molecule has 11 heavy (non-hydrogen) atoms. The molecule has 3 nitrogen and oxygen atoms in total. The van der Waals surface area contributed by atoms with Gasteiger partial charge in [-0.1, -0.05) is 19.1 Å². The molecule has 0 saturated heterocycles. The molecule has 0 aromatic heterocycles. The van der Waals surface area contributed by atoms with Gasteiger partial charge in [-0.3, -0.25) is 4.57 Å². The highest BCUT2D eigenvalue weighted by molar-refractivity contribution is 7.80. The molecule has 0 aromatic rings. The van der Waals surface area contributed by atoms with Crippen LogP contribution in [0.5, 0.6) is 0 Å². The molecule has 0 aliphatic heterocycles. The Morgan fingerprint density at radius 1 is 1.73 bits per heavy atom. The molecule has 0 fully saturated rings. The molecular weight excluding hydrogens is 181 g/mol. The number of hydrogen-bond acceptors (Lipinski definition) is 2. The molecule has 1 unspecified atom stereocenters. The van der Waals surface area contributed by atoms with Crippen LogP contribution in [-0.2, 0) is 4.57 Å². The lowest BCUT2D eigenvalue weighted by Gasteiger charge is -2.03. The van der Waals surface area contributed by atoms with E-state index in [1.807, 2.05) is 6.92 Å². The molecule has 0 aliphatic carbocycles. The maximum Gasteiger partial charge on any atom is 0.189 e. The number of hydrogen-bond donors (Lipinski definition) is 2. The minimum atomic E-state index is -2.27. The van der Waals surface area contributed by atoms with E-state index in [2.05, 4.69) is 5.32 Å². The first-order valence-electron chi connectivity index (χ1n) is 3.65. The van der Waals surface area contributed by atoms with Crippen LogP contribution in [0.25, 0.3) is 0 Å². The maximum absolute atomic E-state index is 10.2. The second-order valence-electron chi connectivity index (χ2n) is 2.20. The van der Waals surface area contributed by atoms with E-state index in [0.29, 0.717) is 19.1 Å². The molecule has 0 aliphatic rings. The van der Waals surface area contributed by atoms with Gasteiger partial charge < -0.3 is 10.2 Å². The molecule has 0 amide bonds. The molecule has 0 rings (SSSR count). The van der Waals surface area contributed by atoms with E-state index < -0.39 is 8.03 Å². The van der Waals surface area contributed by atoms with Crippen LogP contribution in [-0.4, -0.2) is 22.6 Å². The second-order valence-corrected chi connectivity index (χ2v) is 3.98. The third-order valence-corrected chi connectivity index (χ3v) is 2.42. The Bertz CT molecular complexity index is 152. The van der Waals surface area contributed by atoms with Gasteiger partial charge in [-0.2, -0.15) is 0 Å². The molecule has 0 heterocycles. The van der Waals surface area contributed by atoms with Crippen LogP contribution in [0.3, 0.4) is 0 Å². The van der Waals surface area contributed by atoms with E-state index in [9.17, 15) is 4.57 Å². The first-order valence-corrected chi connectivity index (χ1v) is 5.62. The van der Waals surface area contributed by atoms with Crippen molar-refractivity contribution in [2.24, 2.45) is 0 Å². The molecule has 1 atom stereocenters. The lowest BCUT2D eigenvalue weighted by atomic mass is 10.4. The second kappa shape index (κ2) is 6.77. The average Bonchev–Trinajstić information content (AvgIpc) is 1.97. The summed E-state index contributed by atoms with van der Waals surface area (Å²) in [5.74, 6) is 0. The van der Waals surface area contributed by atoms with Crippen LogP contribution < -0.4 is 5.32 Å². The maximum atomic E-state index is 10.2. The van der Waals surface area contributed by atoms with Crippen LogP contribution >= 0.6 is 20.2 Å². The monoisotopic (exact) mass is 195 g/mol. The van der Waals surface area contributed by atoms with Gasteiger partial charge in [-0.05, 0) is 12.8 Å². The molecule has 0 aromatic carbocycles. The summed E-state index contributed by atoms with van der Waals surface area (Å²) in [7, 11) is -2.27. The first-order chi connectivity index (χ1) is 5.16. The minimum Gasteiger partial charge on any atom is -0.380 e. The Morgan fingerprint density at radius 3 is 2.82 bits per heavy atom. The van der Waals surface area contributed by atoms with Crippen molar-refractivity contribution in [1.29, 1.82) is 0 Å². The summed E-state index contributed by atoms with van der Waals surface area (Å²) in [6.07, 6.45) is 1.95. The zero-order chi connectivity index (χ0) is 8.69. The quantitative estimate of drug-likeness (QED) is 0.393. The summed E-state index contributed by atoms with van der Waals surface area (Å²) in [4.78, 5) is 9.28. The molecule has 0 radical (unpaired) electrons. The summed E-state index contributed by atoms with van der Waals surface area (Å²) < 4.78 is 10.2. The third-order valence-electron chi connectivity index (χ3n) is 1.21. The van der Waals surface area contributed by atoms with Gasteiger partial charge in [0.15, 0.2) is 8.03 Å². The normalized spacial score (nSPS) is 12.5. The number of nitrogens with one attached hydrogen (secondary N) is 1. The fourth-order valence-electron chi connectivity index (χ4n) is 0.592. The van der Waals surface area contributed by atoms with Gasteiger partial charge in [0.1, 0.15) is 0 Å². The van der Waals surface area contributed by atoms with Crippen molar-refractivity contribution in [2.75, 3.05) is 12.7 Å². The number of rotatable bonds is 5. The number of thiocarbonyl (C=S) groups is 1. The van der Waals surface area contributed by atoms with Gasteiger partial charge in [0.05, 0.1) is 4.99 Å². The highest BCUT2D eigenvalue weighted by Crippen LogP contribution is 2.12. The van der Waals surface area contributed by atoms with Crippen LogP contribution in [0.15, 0.2) is 0 Å². The molecule has 0 spiro atoms. The van der Waals surface area contributed by atoms with Gasteiger partial charge in [-0.15, -0.1) is 0 Å². The lowest BCUT2D eigenvalue weighted by molar-refractivity contribution is 0.501. The summed E-state index contributed by atoms with van der Waals surface area (Å²) >= 11 is 4.89. The van der Waals surface area contributed by atoms with Crippen molar-refractivity contribution in [2.45, 2.75) is 19.8 Å². The third kappa shape index (κ3) is 7.98. The zero-order valence-electron chi connectivity index (χ0n) is 6.59. The molecule has 2 N–H and O–H groups in total. The largest absolute Gasteiger partial charge is 0.380 e. The Labute approximate surface area is 73.1 Å². The summed E-state index contributed by atoms with van der Waals surface area (Å²) in [6, 6.07) is 0. The standard InChI is InChI=1S/C6H14NO2PS/c1-2-6(11)7-4-3-5-10(8)9/h10H,2-5H2,1H3,(H,7,11)(H,8,9). The predicted octanol–water partition coefficient (Wildman–Crippen LogP) is 1.17. The first kappa shape index (κ1) is 11.1. The lowest BCUT2D eigenvalue weighted by Crippen LogP contribution is -2.21. The summed E-state index contributed by atoms with van der Waals surface area (Å²) in [5.41, 5.74) is 0. The Morgan fingerprint density at radius 2 is 2.36 bits per heavy atom. The summed E-state index contributed by atoms with van der Waals surface area (Å²) in [6.45, 7) is 2.69. The van der Waals surface area contributed by atoms with E-state index >= 15 is 0 Å². The highest BCUT2D eigenvalue weighted by Gasteiger charge is 1.93. The van der Waals surface area contributed by atoms with Crippen molar-refractivity contribution < 1.29 is 9.46 Å². The van der Waals surface area contributed by atoms with Crippen molar-refractivity contribution in [3.8, 4) is 0 Å². The topological polar surface area (TPSA) is 49.3 Å². The Hall–Kier alpha value is 0.0800. The van der Waals surface area contributed by atoms with Crippen LogP contribution in [0.1, 0.15) is 19.8 Å². The average molecular weight is 195 g/mol. The summed E-state index contributed by atoms with van der Waals surface area (Å²) in [5, 5.41) is 2.99. The van der Waals surface area contributed by atoms with Crippen molar-refractivity contribution in [1.82, 2.24) is 5.32 Å². The van der Waals surface area contributed by atoms with E-state index in [1.54, 1.807) is 0 Å². The molecule has 0 bridgehead atoms. The van der Waals surface area contributed by atoms with Crippen molar-refractivity contribution in [3.63, 3.8) is 0 Å². The molecule has 5 heteroatoms. The van der Waals surface area contributed by atoms with Gasteiger partial charge in [0.25, 0.3) is 0 Å². The molecule has 0 saturated carbocycles. The van der Waals surface area contributed by atoms with Crippen LogP contribution in [0.2, 0.25) is 0 Å². The predicted molar refractivity (Wildman–Crippen MR) is 51.6 cm³/mol. The van der Waals surface area contributed by atoms with E-state index in [4.69, 9.17) is 17.1 Å². The SMILES string of the molecule is CCC(=S)NCCC[PH](=O)O. The fourth-order valence-corrected chi connectivity index (χ4v) is 1.17. The highest BCUT2D eigenvalue weighted by atomic mass is 32.1. The van der Waals surface area contributed by atoms with E-state index in [0.717, 1.165) is 11.4 Å². The smallest absolute Gasteiger partial charge is 0.189 e. The van der Waals surface area contributed by atoms with E-state index in [1.165, 1.54) is 0 Å². The van der Waals surface area contributed by atoms with Gasteiger partial charge >= 0.3 is 0 Å².